The molecule has 280 valence electrons. The van der Waals surface area contributed by atoms with Gasteiger partial charge >= 0.3 is 0 Å². The Balaban J connectivity index is 1.40. The quantitative estimate of drug-likeness (QED) is 0.147. The van der Waals surface area contributed by atoms with Crippen molar-refractivity contribution in [2.75, 3.05) is 9.80 Å². The molecule has 0 unspecified atom stereocenters. The van der Waals surface area contributed by atoms with Crippen LogP contribution in [0.15, 0.2) is 158 Å². The van der Waals surface area contributed by atoms with Gasteiger partial charge in [-0.25, -0.2) is 4.98 Å². The van der Waals surface area contributed by atoms with Crippen LogP contribution in [0.25, 0.3) is 33.9 Å². The summed E-state index contributed by atoms with van der Waals surface area (Å²) in [6, 6.07) is 55.2. The predicted molar refractivity (Wildman–Crippen MR) is 239 cm³/mol. The topological polar surface area (TPSA) is 45.2 Å². The SMILES string of the molecule is Cc1cc(C)c(N(c2cccc(N(c3ccc(-c4ccccc4)cc3)c3nc(-c4ccccc4)nc(-c4ccccc4)n3)c2C)c2c(C)cc(C)cc2C)c(C)c1. The van der Waals surface area contributed by atoms with Crippen molar-refractivity contribution in [2.45, 2.75) is 48.5 Å². The van der Waals surface area contributed by atoms with Crippen molar-refractivity contribution in [3.8, 4) is 33.9 Å². The van der Waals surface area contributed by atoms with Crippen LogP contribution in [0.3, 0.4) is 0 Å². The second kappa shape index (κ2) is 15.7. The lowest BCUT2D eigenvalue weighted by Crippen LogP contribution is -2.20. The molecule has 57 heavy (non-hydrogen) atoms. The standard InChI is InChI=1S/C52H47N5/c1-34-30-36(3)48(37(4)31-34)57(49-38(5)32-35(2)33-39(49)6)47-25-17-24-46(40(47)7)56(45-28-26-42(27-29-45)41-18-11-8-12-19-41)52-54-50(43-20-13-9-14-21-43)53-51(55-52)44-22-15-10-16-23-44/h8-33H,1-7H3. The average molecular weight is 742 g/mol. The fourth-order valence-electron chi connectivity index (χ4n) is 8.19. The first-order chi connectivity index (χ1) is 27.7. The summed E-state index contributed by atoms with van der Waals surface area (Å²) in [4.78, 5) is 20.2. The molecular formula is C52H47N5. The fourth-order valence-corrected chi connectivity index (χ4v) is 8.19. The second-order valence-corrected chi connectivity index (χ2v) is 15.0. The molecule has 0 bridgehead atoms. The van der Waals surface area contributed by atoms with Crippen LogP contribution in [-0.4, -0.2) is 15.0 Å². The number of nitrogens with zero attached hydrogens (tertiary/aromatic N) is 5. The van der Waals surface area contributed by atoms with Gasteiger partial charge in [0, 0.05) is 16.8 Å². The molecule has 8 aromatic rings. The highest BCUT2D eigenvalue weighted by Gasteiger charge is 2.27. The van der Waals surface area contributed by atoms with E-state index in [-0.39, 0.29) is 0 Å². The number of aryl methyl sites for hydroxylation is 6. The van der Waals surface area contributed by atoms with E-state index in [9.17, 15) is 0 Å². The number of hydrogen-bond acceptors (Lipinski definition) is 5. The Bertz CT molecular complexity index is 2530. The monoisotopic (exact) mass is 741 g/mol. The van der Waals surface area contributed by atoms with Crippen LogP contribution in [0, 0.1) is 48.5 Å². The lowest BCUT2D eigenvalue weighted by atomic mass is 9.97. The van der Waals surface area contributed by atoms with E-state index in [1.54, 1.807) is 0 Å². The van der Waals surface area contributed by atoms with Crippen LogP contribution in [0.4, 0.5) is 34.4 Å². The lowest BCUT2D eigenvalue weighted by Gasteiger charge is -2.34. The number of anilines is 6. The molecule has 0 amide bonds. The average Bonchev–Trinajstić information content (AvgIpc) is 3.21. The van der Waals surface area contributed by atoms with Gasteiger partial charge in [0.2, 0.25) is 5.95 Å². The van der Waals surface area contributed by atoms with E-state index in [1.165, 1.54) is 44.8 Å². The molecule has 5 nitrogen and oxygen atoms in total. The van der Waals surface area contributed by atoms with Gasteiger partial charge in [-0.15, -0.1) is 0 Å². The first-order valence-corrected chi connectivity index (χ1v) is 19.5. The Morgan fingerprint density at radius 2 is 0.737 bits per heavy atom. The molecule has 0 radical (unpaired) electrons. The Kier molecular flexibility index (Phi) is 10.2. The second-order valence-electron chi connectivity index (χ2n) is 15.0. The summed E-state index contributed by atoms with van der Waals surface area (Å²) in [5.74, 6) is 1.75. The summed E-state index contributed by atoms with van der Waals surface area (Å²) >= 11 is 0. The maximum atomic E-state index is 5.26. The van der Waals surface area contributed by atoms with Gasteiger partial charge in [0.25, 0.3) is 0 Å². The molecule has 1 aromatic heterocycles. The van der Waals surface area contributed by atoms with Crippen molar-refractivity contribution >= 4 is 34.4 Å². The zero-order valence-corrected chi connectivity index (χ0v) is 33.7. The van der Waals surface area contributed by atoms with Crippen LogP contribution < -0.4 is 9.80 Å². The van der Waals surface area contributed by atoms with E-state index in [1.807, 2.05) is 42.5 Å². The van der Waals surface area contributed by atoms with Crippen molar-refractivity contribution in [1.82, 2.24) is 15.0 Å². The van der Waals surface area contributed by atoms with Gasteiger partial charge in [0.1, 0.15) is 0 Å². The third-order valence-corrected chi connectivity index (χ3v) is 10.6. The highest BCUT2D eigenvalue weighted by atomic mass is 15.3. The Morgan fingerprint density at radius 3 is 1.18 bits per heavy atom. The lowest BCUT2D eigenvalue weighted by molar-refractivity contribution is 1.02. The minimum atomic E-state index is 0.535. The Hall–Kier alpha value is -6.85. The number of aromatic nitrogens is 3. The van der Waals surface area contributed by atoms with Crippen LogP contribution in [-0.2, 0) is 0 Å². The normalized spacial score (nSPS) is 11.1. The van der Waals surface area contributed by atoms with Gasteiger partial charge in [-0.2, -0.15) is 9.97 Å². The molecule has 0 aliphatic rings. The molecule has 0 saturated heterocycles. The molecule has 1 heterocycles. The molecule has 0 aliphatic heterocycles. The van der Waals surface area contributed by atoms with Crippen LogP contribution in [0.5, 0.6) is 0 Å². The van der Waals surface area contributed by atoms with Crippen molar-refractivity contribution in [3.05, 3.63) is 197 Å². The van der Waals surface area contributed by atoms with Crippen LogP contribution in [0.2, 0.25) is 0 Å². The minimum absolute atomic E-state index is 0.535. The number of benzene rings is 7. The molecule has 0 spiro atoms. The third kappa shape index (κ3) is 7.44. The summed E-state index contributed by atoms with van der Waals surface area (Å²) in [5, 5.41) is 0. The molecule has 8 rings (SSSR count). The van der Waals surface area contributed by atoms with Gasteiger partial charge in [-0.05, 0) is 112 Å². The summed E-state index contributed by atoms with van der Waals surface area (Å²) in [6.45, 7) is 15.5. The molecule has 0 N–H and O–H groups in total. The minimum Gasteiger partial charge on any atom is -0.309 e. The maximum absolute atomic E-state index is 5.26. The highest BCUT2D eigenvalue weighted by Crippen LogP contribution is 2.47. The van der Waals surface area contributed by atoms with Crippen molar-refractivity contribution in [2.24, 2.45) is 0 Å². The van der Waals surface area contributed by atoms with E-state index in [0.717, 1.165) is 44.9 Å². The molecule has 5 heteroatoms. The molecule has 7 aromatic carbocycles. The Morgan fingerprint density at radius 1 is 0.351 bits per heavy atom. The summed E-state index contributed by atoms with van der Waals surface area (Å²) in [6.07, 6.45) is 0. The van der Waals surface area contributed by atoms with Gasteiger partial charge < -0.3 is 4.90 Å². The highest BCUT2D eigenvalue weighted by molar-refractivity contribution is 5.89. The first-order valence-electron chi connectivity index (χ1n) is 19.5. The molecule has 0 atom stereocenters. The molecule has 0 fully saturated rings. The van der Waals surface area contributed by atoms with Crippen molar-refractivity contribution in [1.29, 1.82) is 0 Å². The van der Waals surface area contributed by atoms with E-state index in [0.29, 0.717) is 17.6 Å². The predicted octanol–water partition coefficient (Wildman–Crippen LogP) is 14.0. The summed E-state index contributed by atoms with van der Waals surface area (Å²) in [5.41, 5.74) is 18.0. The Labute approximate surface area is 337 Å². The maximum Gasteiger partial charge on any atom is 0.238 e. The zero-order valence-electron chi connectivity index (χ0n) is 33.7. The van der Waals surface area contributed by atoms with Gasteiger partial charge in [0.15, 0.2) is 11.6 Å². The van der Waals surface area contributed by atoms with E-state index in [2.05, 4.69) is 174 Å². The van der Waals surface area contributed by atoms with Crippen LogP contribution >= 0.6 is 0 Å². The van der Waals surface area contributed by atoms with Crippen LogP contribution in [0.1, 0.15) is 38.9 Å². The van der Waals surface area contributed by atoms with Crippen molar-refractivity contribution < 1.29 is 0 Å². The molecular weight excluding hydrogens is 695 g/mol. The largest absolute Gasteiger partial charge is 0.309 e. The molecule has 0 saturated carbocycles. The smallest absolute Gasteiger partial charge is 0.238 e. The van der Waals surface area contributed by atoms with E-state index >= 15 is 0 Å². The summed E-state index contributed by atoms with van der Waals surface area (Å²) in [7, 11) is 0. The number of hydrogen-bond donors (Lipinski definition) is 0. The van der Waals surface area contributed by atoms with Gasteiger partial charge in [0.05, 0.1) is 22.7 Å². The zero-order chi connectivity index (χ0) is 39.6. The first kappa shape index (κ1) is 37.1. The summed E-state index contributed by atoms with van der Waals surface area (Å²) < 4.78 is 0. The van der Waals surface area contributed by atoms with E-state index < -0.39 is 0 Å². The van der Waals surface area contributed by atoms with Gasteiger partial charge in [-0.3, -0.25) is 4.90 Å². The molecule has 0 aliphatic carbocycles. The van der Waals surface area contributed by atoms with Gasteiger partial charge in [-0.1, -0.05) is 145 Å². The third-order valence-electron chi connectivity index (χ3n) is 10.6. The van der Waals surface area contributed by atoms with Crippen molar-refractivity contribution in [3.63, 3.8) is 0 Å². The van der Waals surface area contributed by atoms with E-state index in [4.69, 9.17) is 15.0 Å². The number of rotatable bonds is 9. The fraction of sp³-hybridized carbons (Fsp3) is 0.135.